The van der Waals surface area contributed by atoms with Gasteiger partial charge in [0.25, 0.3) is 0 Å². The number of hydroxylamine groups is 2. The van der Waals surface area contributed by atoms with Crippen molar-refractivity contribution in [2.24, 2.45) is 0 Å². The average molecular weight is 693 g/mol. The Morgan fingerprint density at radius 2 is 1.80 bits per heavy atom. The van der Waals surface area contributed by atoms with Gasteiger partial charge < -0.3 is 29.8 Å². The lowest BCUT2D eigenvalue weighted by Gasteiger charge is -2.36. The van der Waals surface area contributed by atoms with Gasteiger partial charge in [-0.05, 0) is 68.6 Å². The predicted molar refractivity (Wildman–Crippen MR) is 205 cm³/mol. The van der Waals surface area contributed by atoms with Crippen LogP contribution in [0.3, 0.4) is 0 Å². The number of allylic oxidation sites excluding steroid dienone is 2. The van der Waals surface area contributed by atoms with Crippen molar-refractivity contribution in [3.05, 3.63) is 105 Å². The number of piperazine rings is 1. The zero-order chi connectivity index (χ0) is 35.0. The molecule has 2 aromatic rings. The molecule has 1 aromatic heterocycles. The second-order valence-corrected chi connectivity index (χ2v) is 13.8. The zero-order valence-electron chi connectivity index (χ0n) is 30.5. The van der Waals surface area contributed by atoms with Crippen LogP contribution in [0.2, 0.25) is 0 Å². The van der Waals surface area contributed by atoms with Gasteiger partial charge in [-0.25, -0.2) is 5.43 Å². The summed E-state index contributed by atoms with van der Waals surface area (Å²) in [5.74, 6) is 0.571. The van der Waals surface area contributed by atoms with Crippen molar-refractivity contribution in [3.8, 4) is 0 Å². The van der Waals surface area contributed by atoms with E-state index >= 15 is 0 Å². The largest absolute Gasteiger partial charge is 0.378 e. The van der Waals surface area contributed by atoms with Crippen LogP contribution in [0.5, 0.6) is 0 Å². The van der Waals surface area contributed by atoms with Gasteiger partial charge in [-0.3, -0.25) is 10.2 Å². The number of thiophene rings is 1. The monoisotopic (exact) mass is 692 g/mol. The van der Waals surface area contributed by atoms with E-state index < -0.39 is 0 Å². The third-order valence-corrected chi connectivity index (χ3v) is 9.56. The highest BCUT2D eigenvalue weighted by Crippen LogP contribution is 2.32. The standard InChI is InChI=1S/C36H51N7O2S.C2H7N.H2/c1-5-10-33(41-16-18-42(19-17-41)45-26-30-12-8-11-29(21-30)22-35-15-9-20-46-35)25-39(2)28-38-40(3)24-31-23-34(27-44-4)43(36(31)37)32-13-6-7-14-32;1-3-2;/h5,8-12,15,20-21,23-25,32,37-38H,6-7,13-14,16-19,22,26-28H2,1-4H3;3H,1-2H3;1H/b10-5-,31-24-,33-25+,37-36?;;. The molecular weight excluding hydrogens is 633 g/mol. The molecule has 1 aliphatic carbocycles. The smallest absolute Gasteiger partial charge is 0.134 e. The van der Waals surface area contributed by atoms with Crippen LogP contribution in [0.4, 0.5) is 0 Å². The van der Waals surface area contributed by atoms with E-state index in [4.69, 9.17) is 15.0 Å². The normalized spacial score (nSPS) is 18.4. The summed E-state index contributed by atoms with van der Waals surface area (Å²) in [4.78, 5) is 14.4. The summed E-state index contributed by atoms with van der Waals surface area (Å²) in [7, 11) is 9.55. The van der Waals surface area contributed by atoms with Crippen molar-refractivity contribution in [1.82, 2.24) is 35.5 Å². The van der Waals surface area contributed by atoms with E-state index in [-0.39, 0.29) is 1.43 Å². The highest BCUT2D eigenvalue weighted by atomic mass is 32.1. The van der Waals surface area contributed by atoms with Gasteiger partial charge in [-0.15, -0.1) is 11.3 Å². The van der Waals surface area contributed by atoms with E-state index in [1.807, 2.05) is 32.4 Å². The number of ether oxygens (including phenoxy) is 1. The molecule has 3 aliphatic rings. The quantitative estimate of drug-likeness (QED) is 0.121. The number of benzene rings is 1. The van der Waals surface area contributed by atoms with Crippen LogP contribution in [0, 0.1) is 5.41 Å². The third-order valence-electron chi connectivity index (χ3n) is 8.69. The molecule has 11 heteroatoms. The molecule has 49 heavy (non-hydrogen) atoms. The minimum absolute atomic E-state index is 0. The SMILES string of the molecule is C/C=C\C(=C/N(C)CNN(C)/C=C1/C=C(COC)N(C2CCCC2)C1=N)N1CCN(OCc2cccc(Cc3cccs3)c2)CC1.CNC.[HH]. The van der Waals surface area contributed by atoms with Gasteiger partial charge in [-0.1, -0.05) is 49.2 Å². The maximum absolute atomic E-state index is 8.87. The predicted octanol–water partition coefficient (Wildman–Crippen LogP) is 5.86. The maximum Gasteiger partial charge on any atom is 0.134 e. The number of hydrazine groups is 1. The molecular formula is C38H60N8O2S. The summed E-state index contributed by atoms with van der Waals surface area (Å²) >= 11 is 1.81. The first-order chi connectivity index (χ1) is 23.8. The number of methoxy groups -OCH3 is 1. The first kappa shape index (κ1) is 38.4. The molecule has 0 atom stereocenters. The van der Waals surface area contributed by atoms with Crippen LogP contribution in [0.1, 0.15) is 50.0 Å². The molecule has 10 nitrogen and oxygen atoms in total. The maximum atomic E-state index is 8.87. The van der Waals surface area contributed by atoms with Crippen LogP contribution in [-0.2, 0) is 22.6 Å². The van der Waals surface area contributed by atoms with E-state index in [0.717, 1.165) is 56.7 Å². The van der Waals surface area contributed by atoms with Gasteiger partial charge in [0.05, 0.1) is 25.6 Å². The van der Waals surface area contributed by atoms with Gasteiger partial charge in [0.1, 0.15) is 5.84 Å². The first-order valence-corrected chi connectivity index (χ1v) is 18.3. The number of rotatable bonds is 15. The topological polar surface area (TPSA) is 82.6 Å². The van der Waals surface area contributed by atoms with E-state index in [9.17, 15) is 0 Å². The lowest BCUT2D eigenvalue weighted by Crippen LogP contribution is -2.45. The van der Waals surface area contributed by atoms with Crippen molar-refractivity contribution in [2.75, 3.05) is 74.8 Å². The molecule has 0 radical (unpaired) electrons. The summed E-state index contributed by atoms with van der Waals surface area (Å²) in [6.45, 7) is 7.32. The molecule has 0 bridgehead atoms. The number of hydrogen-bond donors (Lipinski definition) is 3. The highest BCUT2D eigenvalue weighted by Gasteiger charge is 2.33. The van der Waals surface area contributed by atoms with E-state index in [1.54, 1.807) is 18.4 Å². The van der Waals surface area contributed by atoms with E-state index in [0.29, 0.717) is 31.8 Å². The molecule has 3 heterocycles. The lowest BCUT2D eigenvalue weighted by molar-refractivity contribution is -0.183. The van der Waals surface area contributed by atoms with Gasteiger partial charge in [0, 0.05) is 89.8 Å². The second-order valence-electron chi connectivity index (χ2n) is 12.8. The van der Waals surface area contributed by atoms with E-state index in [2.05, 4.69) is 111 Å². The average Bonchev–Trinajstić information content (AvgIpc) is 3.87. The fourth-order valence-corrected chi connectivity index (χ4v) is 7.11. The van der Waals surface area contributed by atoms with Crippen LogP contribution in [-0.4, -0.2) is 111 Å². The molecule has 2 fully saturated rings. The number of hydrogen-bond acceptors (Lipinski definition) is 10. The molecule has 1 saturated carbocycles. The summed E-state index contributed by atoms with van der Waals surface area (Å²) in [5.41, 5.74) is 9.18. The molecule has 0 spiro atoms. The van der Waals surface area contributed by atoms with Crippen molar-refractivity contribution >= 4 is 17.2 Å². The van der Waals surface area contributed by atoms with Gasteiger partial charge in [0.2, 0.25) is 0 Å². The Morgan fingerprint density at radius 3 is 2.47 bits per heavy atom. The van der Waals surface area contributed by atoms with Crippen molar-refractivity contribution in [3.63, 3.8) is 0 Å². The molecule has 1 aromatic carbocycles. The van der Waals surface area contributed by atoms with Crippen LogP contribution in [0.25, 0.3) is 0 Å². The van der Waals surface area contributed by atoms with E-state index in [1.165, 1.54) is 34.5 Å². The van der Waals surface area contributed by atoms with Crippen molar-refractivity contribution < 1.29 is 11.0 Å². The van der Waals surface area contributed by atoms with Crippen molar-refractivity contribution in [1.29, 1.82) is 5.41 Å². The molecule has 3 N–H and O–H groups in total. The highest BCUT2D eigenvalue weighted by molar-refractivity contribution is 7.09. The number of nitrogens with zero attached hydrogens (tertiary/aromatic N) is 5. The van der Waals surface area contributed by atoms with Crippen molar-refractivity contribution in [2.45, 2.75) is 51.7 Å². The molecule has 1 saturated heterocycles. The molecule has 270 valence electrons. The number of nitrogens with one attached hydrogen (secondary N) is 3. The fourth-order valence-electron chi connectivity index (χ4n) is 6.37. The van der Waals surface area contributed by atoms with Gasteiger partial charge in [0.15, 0.2) is 0 Å². The summed E-state index contributed by atoms with van der Waals surface area (Å²) in [6, 6.07) is 13.5. The Bertz CT molecular complexity index is 1420. The zero-order valence-corrected chi connectivity index (χ0v) is 31.3. The van der Waals surface area contributed by atoms with Gasteiger partial charge in [-0.2, -0.15) is 5.06 Å². The second kappa shape index (κ2) is 20.3. The molecule has 0 amide bonds. The lowest BCUT2D eigenvalue weighted by atomic mass is 10.1. The minimum Gasteiger partial charge on any atom is -0.378 e. The fraction of sp³-hybridized carbons (Fsp3) is 0.500. The molecule has 0 unspecified atom stereocenters. The molecule has 5 rings (SSSR count). The first-order valence-electron chi connectivity index (χ1n) is 17.5. The summed E-state index contributed by atoms with van der Waals surface area (Å²) in [6.07, 6.45) is 16.3. The summed E-state index contributed by atoms with van der Waals surface area (Å²) < 4.78 is 5.46. The van der Waals surface area contributed by atoms with Gasteiger partial charge >= 0.3 is 0 Å². The van der Waals surface area contributed by atoms with Crippen LogP contribution in [0.15, 0.2) is 89.4 Å². The summed E-state index contributed by atoms with van der Waals surface area (Å²) in [5, 5.41) is 17.8. The Morgan fingerprint density at radius 1 is 1.06 bits per heavy atom. The van der Waals surface area contributed by atoms with Crippen LogP contribution >= 0.6 is 11.3 Å². The van der Waals surface area contributed by atoms with Crippen LogP contribution < -0.4 is 10.7 Å². The Labute approximate surface area is 300 Å². The number of amidine groups is 1. The molecule has 2 aliphatic heterocycles. The minimum atomic E-state index is 0. The Kier molecular flexibility index (Phi) is 15.9. The Hall–Kier alpha value is -3.45. The Balaban J connectivity index is 0.00000163. The third kappa shape index (κ3) is 11.8.